The smallest absolute Gasteiger partial charge is 0.124 e. The van der Waals surface area contributed by atoms with Crippen molar-refractivity contribution in [1.29, 1.82) is 0 Å². The van der Waals surface area contributed by atoms with Crippen LogP contribution in [0.1, 0.15) is 25.7 Å². The third kappa shape index (κ3) is 2.43. The second-order valence-electron chi connectivity index (χ2n) is 6.64. The molecule has 2 atom stereocenters. The first-order valence-corrected chi connectivity index (χ1v) is 8.25. The average Bonchev–Trinajstić information content (AvgIpc) is 3.06. The summed E-state index contributed by atoms with van der Waals surface area (Å²) in [6, 6.07) is 9.32. The first-order chi connectivity index (χ1) is 10.7. The molecule has 0 spiro atoms. The van der Waals surface area contributed by atoms with Crippen molar-refractivity contribution in [3.63, 3.8) is 0 Å². The van der Waals surface area contributed by atoms with E-state index in [1.54, 1.807) is 0 Å². The Balaban J connectivity index is 1.60. The highest BCUT2D eigenvalue weighted by Crippen LogP contribution is 2.24. The van der Waals surface area contributed by atoms with E-state index in [0.717, 1.165) is 44.1 Å². The predicted octanol–water partition coefficient (Wildman–Crippen LogP) is 1.79. The van der Waals surface area contributed by atoms with Crippen LogP contribution in [0.15, 0.2) is 24.3 Å². The second kappa shape index (κ2) is 5.65. The Hall–Kier alpha value is -1.43. The number of likely N-dealkylation sites (tertiary alicyclic amines) is 1. The molecule has 0 unspecified atom stereocenters. The number of para-hydroxylation sites is 2. The molecule has 1 aromatic heterocycles. The van der Waals surface area contributed by atoms with Crippen LogP contribution in [0.25, 0.3) is 11.0 Å². The van der Waals surface area contributed by atoms with Crippen LogP contribution in [-0.4, -0.2) is 52.8 Å². The summed E-state index contributed by atoms with van der Waals surface area (Å²) in [5.41, 5.74) is 2.33. The van der Waals surface area contributed by atoms with Crippen molar-refractivity contribution >= 4 is 11.0 Å². The number of rotatable bonds is 3. The molecular weight excluding hydrogens is 276 g/mol. The van der Waals surface area contributed by atoms with E-state index >= 15 is 0 Å². The maximum absolute atomic E-state index is 5.88. The van der Waals surface area contributed by atoms with E-state index in [9.17, 15) is 0 Å². The number of morpholine rings is 1. The van der Waals surface area contributed by atoms with Crippen LogP contribution < -0.4 is 5.32 Å². The molecule has 5 nitrogen and oxygen atoms in total. The van der Waals surface area contributed by atoms with Gasteiger partial charge in [0.1, 0.15) is 5.82 Å². The van der Waals surface area contributed by atoms with Gasteiger partial charge in [-0.1, -0.05) is 12.1 Å². The Labute approximate surface area is 131 Å². The van der Waals surface area contributed by atoms with Crippen molar-refractivity contribution < 1.29 is 4.74 Å². The largest absolute Gasteiger partial charge is 0.374 e. The van der Waals surface area contributed by atoms with Crippen molar-refractivity contribution in [3.05, 3.63) is 30.1 Å². The lowest BCUT2D eigenvalue weighted by Crippen LogP contribution is -2.47. The highest BCUT2D eigenvalue weighted by Gasteiger charge is 2.35. The minimum Gasteiger partial charge on any atom is -0.374 e. The number of hydrogen-bond acceptors (Lipinski definition) is 4. The molecule has 118 valence electrons. The van der Waals surface area contributed by atoms with Gasteiger partial charge in [-0.25, -0.2) is 4.98 Å². The number of fused-ring (bicyclic) bond motifs is 2. The lowest BCUT2D eigenvalue weighted by molar-refractivity contribution is 0.0174. The molecular formula is C17H24N4O. The first kappa shape index (κ1) is 14.2. The average molecular weight is 300 g/mol. The van der Waals surface area contributed by atoms with Crippen molar-refractivity contribution in [2.24, 2.45) is 0 Å². The molecule has 2 aliphatic rings. The van der Waals surface area contributed by atoms with Crippen LogP contribution in [-0.2, 0) is 11.3 Å². The van der Waals surface area contributed by atoms with Gasteiger partial charge in [-0.2, -0.15) is 0 Å². The zero-order chi connectivity index (χ0) is 15.1. The summed E-state index contributed by atoms with van der Waals surface area (Å²) in [6.07, 6.45) is 0.339. The molecule has 0 amide bonds. The van der Waals surface area contributed by atoms with Crippen LogP contribution >= 0.6 is 0 Å². The lowest BCUT2D eigenvalue weighted by atomic mass is 10.2. The highest BCUT2D eigenvalue weighted by atomic mass is 16.5. The molecule has 0 saturated carbocycles. The molecule has 4 rings (SSSR count). The van der Waals surface area contributed by atoms with Gasteiger partial charge in [-0.3, -0.25) is 4.90 Å². The van der Waals surface area contributed by atoms with Crippen molar-refractivity contribution in [2.45, 2.75) is 38.6 Å². The van der Waals surface area contributed by atoms with Gasteiger partial charge in [0, 0.05) is 31.7 Å². The Morgan fingerprint density at radius 2 is 2.18 bits per heavy atom. The topological polar surface area (TPSA) is 42.3 Å². The maximum Gasteiger partial charge on any atom is 0.124 e. The Morgan fingerprint density at radius 1 is 1.32 bits per heavy atom. The van der Waals surface area contributed by atoms with Crippen molar-refractivity contribution in [1.82, 2.24) is 19.8 Å². The van der Waals surface area contributed by atoms with Crippen LogP contribution in [0.3, 0.4) is 0 Å². The molecule has 0 aliphatic carbocycles. The standard InChI is InChI=1S/C17H24N4O/c1-12(2)21-15-6-4-3-5-13(15)19-17(21)11-20-9-14-16(10-20)22-8-7-18-14/h3-6,12,14,16,18H,7-11H2,1-2H3/t14-,16-/m0/s1. The number of hydrogen-bond donors (Lipinski definition) is 1. The van der Waals surface area contributed by atoms with E-state index in [1.807, 2.05) is 0 Å². The van der Waals surface area contributed by atoms with E-state index in [4.69, 9.17) is 9.72 Å². The first-order valence-electron chi connectivity index (χ1n) is 8.25. The van der Waals surface area contributed by atoms with Gasteiger partial charge in [-0.15, -0.1) is 0 Å². The SMILES string of the molecule is CC(C)n1c(CN2C[C@@H]3NCCO[C@H]3C2)nc2ccccc21. The molecule has 2 aliphatic heterocycles. The molecule has 0 bridgehead atoms. The molecule has 3 heterocycles. The summed E-state index contributed by atoms with van der Waals surface area (Å²) in [6.45, 7) is 9.20. The molecule has 2 saturated heterocycles. The Morgan fingerprint density at radius 3 is 3.00 bits per heavy atom. The van der Waals surface area contributed by atoms with E-state index in [-0.39, 0.29) is 0 Å². The van der Waals surface area contributed by atoms with Gasteiger partial charge < -0.3 is 14.6 Å². The van der Waals surface area contributed by atoms with Crippen molar-refractivity contribution in [3.8, 4) is 0 Å². The predicted molar refractivity (Wildman–Crippen MR) is 86.9 cm³/mol. The quantitative estimate of drug-likeness (QED) is 0.938. The van der Waals surface area contributed by atoms with E-state index in [1.165, 1.54) is 5.52 Å². The number of benzene rings is 1. The van der Waals surface area contributed by atoms with E-state index < -0.39 is 0 Å². The summed E-state index contributed by atoms with van der Waals surface area (Å²) in [5.74, 6) is 1.16. The maximum atomic E-state index is 5.88. The summed E-state index contributed by atoms with van der Waals surface area (Å²) in [5, 5.41) is 3.57. The minimum atomic E-state index is 0.339. The second-order valence-corrected chi connectivity index (χ2v) is 6.64. The highest BCUT2D eigenvalue weighted by molar-refractivity contribution is 5.76. The number of aromatic nitrogens is 2. The summed E-state index contributed by atoms with van der Waals surface area (Å²) >= 11 is 0. The van der Waals surface area contributed by atoms with E-state index in [2.05, 4.69) is 52.9 Å². The number of ether oxygens (including phenoxy) is 1. The van der Waals surface area contributed by atoms with Gasteiger partial charge in [-0.05, 0) is 26.0 Å². The molecule has 0 radical (unpaired) electrons. The number of nitrogens with zero attached hydrogens (tertiary/aromatic N) is 3. The van der Waals surface area contributed by atoms with Crippen LogP contribution in [0.4, 0.5) is 0 Å². The molecule has 1 N–H and O–H groups in total. The molecule has 5 heteroatoms. The Kier molecular flexibility index (Phi) is 3.64. The zero-order valence-electron chi connectivity index (χ0n) is 13.3. The third-order valence-electron chi connectivity index (χ3n) is 4.73. The van der Waals surface area contributed by atoms with Gasteiger partial charge in [0.25, 0.3) is 0 Å². The van der Waals surface area contributed by atoms with Gasteiger partial charge in [0.2, 0.25) is 0 Å². The van der Waals surface area contributed by atoms with Gasteiger partial charge in [0.15, 0.2) is 0 Å². The molecule has 2 aromatic rings. The van der Waals surface area contributed by atoms with Gasteiger partial charge in [0.05, 0.1) is 30.3 Å². The number of imidazole rings is 1. The summed E-state index contributed by atoms with van der Waals surface area (Å²) < 4.78 is 8.24. The van der Waals surface area contributed by atoms with E-state index in [0.29, 0.717) is 18.2 Å². The monoisotopic (exact) mass is 300 g/mol. The third-order valence-corrected chi connectivity index (χ3v) is 4.73. The van der Waals surface area contributed by atoms with Crippen LogP contribution in [0, 0.1) is 0 Å². The normalized spacial score (nSPS) is 26.0. The fourth-order valence-electron chi connectivity index (χ4n) is 3.78. The minimum absolute atomic E-state index is 0.339. The van der Waals surface area contributed by atoms with Crippen LogP contribution in [0.2, 0.25) is 0 Å². The lowest BCUT2D eigenvalue weighted by Gasteiger charge is -2.25. The molecule has 1 aromatic carbocycles. The number of nitrogens with one attached hydrogen (secondary N) is 1. The van der Waals surface area contributed by atoms with Gasteiger partial charge >= 0.3 is 0 Å². The summed E-state index contributed by atoms with van der Waals surface area (Å²) in [7, 11) is 0. The van der Waals surface area contributed by atoms with Crippen LogP contribution in [0.5, 0.6) is 0 Å². The Bertz CT molecular complexity index is 652. The van der Waals surface area contributed by atoms with Crippen molar-refractivity contribution in [2.75, 3.05) is 26.2 Å². The zero-order valence-corrected chi connectivity index (χ0v) is 13.3. The fraction of sp³-hybridized carbons (Fsp3) is 0.588. The summed E-state index contributed by atoms with van der Waals surface area (Å²) in [4.78, 5) is 7.34. The molecule has 22 heavy (non-hydrogen) atoms. The fourth-order valence-corrected chi connectivity index (χ4v) is 3.78. The molecule has 2 fully saturated rings.